The number of allylic oxidation sites excluding steroid dienone is 4. The Hall–Kier alpha value is -1.09. The SMILES string of the molecule is Clc1ccc2c(c1)C1(CCN(CC3CC45CC4C=CC35)CC1)C[C@@H]2NCC1CC23CC2C=CC13. The first-order valence-corrected chi connectivity index (χ1v) is 14.6. The van der Waals surface area contributed by atoms with Gasteiger partial charge in [-0.1, -0.05) is 42.0 Å². The highest BCUT2D eigenvalue weighted by atomic mass is 35.5. The Labute approximate surface area is 209 Å². The van der Waals surface area contributed by atoms with Crippen LogP contribution in [0.4, 0.5) is 0 Å². The summed E-state index contributed by atoms with van der Waals surface area (Å²) in [6.45, 7) is 5.06. The number of rotatable bonds is 5. The first-order chi connectivity index (χ1) is 16.6. The van der Waals surface area contributed by atoms with Gasteiger partial charge in [0.2, 0.25) is 0 Å². The summed E-state index contributed by atoms with van der Waals surface area (Å²) in [4.78, 5) is 2.81. The van der Waals surface area contributed by atoms with E-state index < -0.39 is 0 Å². The van der Waals surface area contributed by atoms with E-state index in [2.05, 4.69) is 52.7 Å². The molecule has 3 heteroatoms. The van der Waals surface area contributed by atoms with Crippen LogP contribution in [0.25, 0.3) is 0 Å². The molecule has 1 aromatic carbocycles. The van der Waals surface area contributed by atoms with E-state index in [0.29, 0.717) is 11.5 Å². The topological polar surface area (TPSA) is 15.3 Å². The maximum atomic E-state index is 6.56. The Kier molecular flexibility index (Phi) is 3.78. The van der Waals surface area contributed by atoms with Crippen LogP contribution in [0.2, 0.25) is 5.02 Å². The molecule has 1 aromatic rings. The zero-order valence-electron chi connectivity index (χ0n) is 20.2. The summed E-state index contributed by atoms with van der Waals surface area (Å²) in [5.41, 5.74) is 4.95. The van der Waals surface area contributed by atoms with Crippen molar-refractivity contribution >= 4 is 11.6 Å². The van der Waals surface area contributed by atoms with Gasteiger partial charge in [0.15, 0.2) is 0 Å². The third-order valence-electron chi connectivity index (χ3n) is 12.6. The highest BCUT2D eigenvalue weighted by Crippen LogP contribution is 2.76. The molecule has 4 saturated carbocycles. The van der Waals surface area contributed by atoms with Crippen molar-refractivity contribution in [3.8, 4) is 0 Å². The van der Waals surface area contributed by atoms with Gasteiger partial charge in [0.25, 0.3) is 0 Å². The zero-order chi connectivity index (χ0) is 22.3. The van der Waals surface area contributed by atoms with Crippen LogP contribution < -0.4 is 5.32 Å². The molecule has 1 aliphatic heterocycles. The predicted molar refractivity (Wildman–Crippen MR) is 137 cm³/mol. The van der Waals surface area contributed by atoms with Crippen LogP contribution in [0.15, 0.2) is 42.5 Å². The largest absolute Gasteiger partial charge is 0.310 e. The molecule has 1 N–H and O–H groups in total. The standard InChI is InChI=1S/C31H37ClN2/c32-23-3-4-24-27(11-23)29(16-28(24)33-17-19-12-30-14-21(30)1-5-25(19)30)7-9-34(10-8-29)18-20-13-31-15-22(31)2-6-26(20)31/h1-6,11,19-22,25-26,28,33H,7-10,12-18H2/t19?,20?,21?,22?,25?,26?,28-,30?,31?/m0/s1. The van der Waals surface area contributed by atoms with Gasteiger partial charge < -0.3 is 10.2 Å². The fourth-order valence-corrected chi connectivity index (χ4v) is 10.7. The fourth-order valence-electron chi connectivity index (χ4n) is 10.5. The molecular weight excluding hydrogens is 436 g/mol. The van der Waals surface area contributed by atoms with Crippen LogP contribution in [0, 0.1) is 46.3 Å². The first-order valence-electron chi connectivity index (χ1n) is 14.2. The number of hydrogen-bond acceptors (Lipinski definition) is 2. The lowest BCUT2D eigenvalue weighted by Gasteiger charge is -2.48. The van der Waals surface area contributed by atoms with Crippen molar-refractivity contribution < 1.29 is 0 Å². The maximum absolute atomic E-state index is 6.56. The van der Waals surface area contributed by atoms with Gasteiger partial charge in [-0.25, -0.2) is 0 Å². The summed E-state index contributed by atoms with van der Waals surface area (Å²) in [6, 6.07) is 7.31. The molecule has 9 rings (SSSR count). The van der Waals surface area contributed by atoms with Crippen LogP contribution in [0.3, 0.4) is 0 Å². The number of halogens is 1. The normalized spacial score (nSPS) is 49.6. The highest BCUT2D eigenvalue weighted by molar-refractivity contribution is 6.30. The number of nitrogens with zero attached hydrogens (tertiary/aromatic N) is 1. The van der Waals surface area contributed by atoms with Gasteiger partial charge in [0.1, 0.15) is 0 Å². The molecule has 9 atom stereocenters. The molecular formula is C31H37ClN2. The number of fused-ring (bicyclic) bond motifs is 2. The van der Waals surface area contributed by atoms with Crippen molar-refractivity contribution in [2.75, 3.05) is 26.2 Å². The summed E-state index contributed by atoms with van der Waals surface area (Å²) >= 11 is 6.56. The van der Waals surface area contributed by atoms with Crippen molar-refractivity contribution in [3.63, 3.8) is 0 Å². The minimum atomic E-state index is 0.333. The van der Waals surface area contributed by atoms with Crippen molar-refractivity contribution in [1.82, 2.24) is 10.2 Å². The summed E-state index contributed by atoms with van der Waals surface area (Å²) in [7, 11) is 0. The average molecular weight is 473 g/mol. The van der Waals surface area contributed by atoms with E-state index in [1.807, 2.05) is 0 Å². The number of benzene rings is 1. The lowest BCUT2D eigenvalue weighted by Crippen LogP contribution is -2.48. The molecule has 7 aliphatic carbocycles. The molecule has 0 aromatic heterocycles. The summed E-state index contributed by atoms with van der Waals surface area (Å²) in [5, 5.41) is 5.00. The highest BCUT2D eigenvalue weighted by Gasteiger charge is 2.69. The van der Waals surface area contributed by atoms with Crippen molar-refractivity contribution in [3.05, 3.63) is 58.7 Å². The van der Waals surface area contributed by atoms with E-state index in [1.165, 1.54) is 71.1 Å². The quantitative estimate of drug-likeness (QED) is 0.518. The summed E-state index contributed by atoms with van der Waals surface area (Å²) < 4.78 is 0. The second-order valence-corrected chi connectivity index (χ2v) is 14.3. The van der Waals surface area contributed by atoms with Crippen LogP contribution >= 0.6 is 11.6 Å². The lowest BCUT2D eigenvalue weighted by molar-refractivity contribution is 0.0351. The average Bonchev–Trinajstić information content (AvgIpc) is 3.65. The van der Waals surface area contributed by atoms with Crippen LogP contribution in [0.5, 0.6) is 0 Å². The fraction of sp³-hybridized carbons (Fsp3) is 0.677. The van der Waals surface area contributed by atoms with Gasteiger partial charge in [0.05, 0.1) is 0 Å². The molecule has 5 fully saturated rings. The molecule has 1 saturated heterocycles. The predicted octanol–water partition coefficient (Wildman–Crippen LogP) is 6.13. The van der Waals surface area contributed by atoms with E-state index in [9.17, 15) is 0 Å². The Morgan fingerprint density at radius 3 is 2.26 bits per heavy atom. The van der Waals surface area contributed by atoms with Crippen molar-refractivity contribution in [1.29, 1.82) is 0 Å². The summed E-state index contributed by atoms with van der Waals surface area (Å²) in [5.74, 6) is 5.48. The Bertz CT molecular complexity index is 1130. The number of piperidine rings is 1. The molecule has 8 unspecified atom stereocenters. The van der Waals surface area contributed by atoms with Crippen LogP contribution in [0.1, 0.15) is 62.1 Å². The molecule has 2 nitrogen and oxygen atoms in total. The number of hydrogen-bond donors (Lipinski definition) is 1. The minimum Gasteiger partial charge on any atom is -0.310 e. The van der Waals surface area contributed by atoms with Gasteiger partial charge in [-0.2, -0.15) is 0 Å². The molecule has 3 spiro atoms. The number of likely N-dealkylation sites (tertiary alicyclic amines) is 1. The molecule has 1 heterocycles. The van der Waals surface area contributed by atoms with Crippen molar-refractivity contribution in [2.24, 2.45) is 46.3 Å². The van der Waals surface area contributed by atoms with E-state index in [1.54, 1.807) is 11.1 Å². The van der Waals surface area contributed by atoms with E-state index in [4.69, 9.17) is 11.6 Å². The Balaban J connectivity index is 0.883. The molecule has 34 heavy (non-hydrogen) atoms. The monoisotopic (exact) mass is 472 g/mol. The molecule has 0 amide bonds. The minimum absolute atomic E-state index is 0.333. The second-order valence-electron chi connectivity index (χ2n) is 13.8. The van der Waals surface area contributed by atoms with Gasteiger partial charge in [0, 0.05) is 17.6 Å². The Morgan fingerprint density at radius 2 is 1.56 bits per heavy atom. The summed E-state index contributed by atoms with van der Waals surface area (Å²) in [6.07, 6.45) is 20.0. The Morgan fingerprint density at radius 1 is 0.853 bits per heavy atom. The molecule has 178 valence electrons. The van der Waals surface area contributed by atoms with Crippen LogP contribution in [-0.4, -0.2) is 31.1 Å². The smallest absolute Gasteiger partial charge is 0.0409 e. The second kappa shape index (κ2) is 6.42. The zero-order valence-corrected chi connectivity index (χ0v) is 20.9. The number of nitrogens with one attached hydrogen (secondary N) is 1. The lowest BCUT2D eigenvalue weighted by atomic mass is 9.62. The third kappa shape index (κ3) is 2.47. The third-order valence-corrected chi connectivity index (χ3v) is 12.8. The van der Waals surface area contributed by atoms with E-state index in [0.717, 1.165) is 51.4 Å². The maximum Gasteiger partial charge on any atom is 0.0409 e. The van der Waals surface area contributed by atoms with Gasteiger partial charge in [-0.3, -0.25) is 0 Å². The first kappa shape index (κ1) is 20.0. The van der Waals surface area contributed by atoms with Crippen molar-refractivity contribution in [2.45, 2.75) is 56.4 Å². The van der Waals surface area contributed by atoms with Gasteiger partial charge >= 0.3 is 0 Å². The van der Waals surface area contributed by atoms with Gasteiger partial charge in [-0.05, 0) is 140 Å². The molecule has 0 bridgehead atoms. The van der Waals surface area contributed by atoms with Gasteiger partial charge in [-0.15, -0.1) is 0 Å². The van der Waals surface area contributed by atoms with Crippen LogP contribution in [-0.2, 0) is 5.41 Å². The van der Waals surface area contributed by atoms with E-state index >= 15 is 0 Å². The molecule has 0 radical (unpaired) electrons. The molecule has 8 aliphatic rings. The van der Waals surface area contributed by atoms with E-state index in [-0.39, 0.29) is 0 Å².